The number of aromatic nitrogens is 2. The summed E-state index contributed by atoms with van der Waals surface area (Å²) >= 11 is 0. The van der Waals surface area contributed by atoms with Crippen molar-refractivity contribution < 1.29 is 13.2 Å². The Balaban J connectivity index is 1.66. The predicted molar refractivity (Wildman–Crippen MR) is 83.1 cm³/mol. The molecule has 22 heavy (non-hydrogen) atoms. The van der Waals surface area contributed by atoms with Crippen LogP contribution >= 0.6 is 0 Å². The van der Waals surface area contributed by atoms with Gasteiger partial charge in [0.2, 0.25) is 0 Å². The molecule has 0 spiro atoms. The molecule has 118 valence electrons. The predicted octanol–water partition coefficient (Wildman–Crippen LogP) is 2.25. The molecule has 1 aliphatic rings. The van der Waals surface area contributed by atoms with E-state index in [0.29, 0.717) is 12.2 Å². The zero-order valence-electron chi connectivity index (χ0n) is 12.2. The largest absolute Gasteiger partial charge is 0.376 e. The molecule has 1 aromatic heterocycles. The fourth-order valence-corrected chi connectivity index (χ4v) is 3.54. The summed E-state index contributed by atoms with van der Waals surface area (Å²) in [6, 6.07) is 8.28. The van der Waals surface area contributed by atoms with Gasteiger partial charge in [0.25, 0.3) is 10.0 Å². The maximum atomic E-state index is 12.2. The van der Waals surface area contributed by atoms with E-state index in [1.165, 1.54) is 12.6 Å². The quantitative estimate of drug-likeness (QED) is 0.917. The molecule has 1 atom stereocenters. The number of benzene rings is 1. The summed E-state index contributed by atoms with van der Waals surface area (Å²) < 4.78 is 34.4. The van der Waals surface area contributed by atoms with Gasteiger partial charge in [-0.3, -0.25) is 9.40 Å². The van der Waals surface area contributed by atoms with E-state index >= 15 is 0 Å². The zero-order valence-corrected chi connectivity index (χ0v) is 13.0. The normalized spacial score (nSPS) is 19.0. The minimum atomic E-state index is -3.57. The first kappa shape index (κ1) is 15.1. The summed E-state index contributed by atoms with van der Waals surface area (Å²) in [6.07, 6.45) is 6.66. The number of hydrogen-bond acceptors (Lipinski definition) is 4. The maximum Gasteiger partial charge on any atom is 0.261 e. The third-order valence-corrected chi connectivity index (χ3v) is 5.00. The van der Waals surface area contributed by atoms with Gasteiger partial charge in [-0.15, -0.1) is 0 Å². The molecule has 1 N–H and O–H groups in total. The van der Waals surface area contributed by atoms with Crippen LogP contribution in [-0.2, 0) is 21.3 Å². The minimum Gasteiger partial charge on any atom is -0.376 e. The lowest BCUT2D eigenvalue weighted by atomic mass is 10.1. The monoisotopic (exact) mass is 321 g/mol. The molecule has 2 aromatic rings. The van der Waals surface area contributed by atoms with E-state index in [1.54, 1.807) is 41.2 Å². The van der Waals surface area contributed by atoms with Crippen LogP contribution in [0.4, 0.5) is 5.69 Å². The molecule has 0 radical (unpaired) electrons. The molecule has 0 saturated carbocycles. The Hall–Kier alpha value is -1.86. The third kappa shape index (κ3) is 3.66. The molecule has 1 unspecified atom stereocenters. The van der Waals surface area contributed by atoms with Crippen molar-refractivity contribution in [2.45, 2.75) is 36.8 Å². The first-order chi connectivity index (χ1) is 10.6. The number of nitrogens with zero attached hydrogens (tertiary/aromatic N) is 2. The summed E-state index contributed by atoms with van der Waals surface area (Å²) in [6.45, 7) is 1.44. The highest BCUT2D eigenvalue weighted by Gasteiger charge is 2.17. The lowest BCUT2D eigenvalue weighted by Gasteiger charge is -2.22. The maximum absolute atomic E-state index is 12.2. The van der Waals surface area contributed by atoms with Crippen LogP contribution in [-0.4, -0.2) is 30.9 Å². The molecular formula is C15H19N3O3S. The van der Waals surface area contributed by atoms with Crippen LogP contribution in [0.2, 0.25) is 0 Å². The van der Waals surface area contributed by atoms with Crippen molar-refractivity contribution in [1.82, 2.24) is 9.78 Å². The summed E-state index contributed by atoms with van der Waals surface area (Å²) in [4.78, 5) is 0.235. The van der Waals surface area contributed by atoms with Crippen molar-refractivity contribution in [2.24, 2.45) is 0 Å². The van der Waals surface area contributed by atoms with Gasteiger partial charge in [0, 0.05) is 12.8 Å². The second kappa shape index (κ2) is 6.50. The van der Waals surface area contributed by atoms with Gasteiger partial charge in [0.1, 0.15) is 0 Å². The lowest BCUT2D eigenvalue weighted by Crippen LogP contribution is -2.24. The Labute approximate surface area is 130 Å². The molecule has 6 nitrogen and oxygen atoms in total. The Morgan fingerprint density at radius 1 is 1.27 bits per heavy atom. The molecule has 7 heteroatoms. The van der Waals surface area contributed by atoms with Crippen LogP contribution in [0.25, 0.3) is 0 Å². The molecule has 2 heterocycles. The highest BCUT2D eigenvalue weighted by molar-refractivity contribution is 7.92. The van der Waals surface area contributed by atoms with Gasteiger partial charge < -0.3 is 4.74 Å². The average Bonchev–Trinajstić information content (AvgIpc) is 2.95. The van der Waals surface area contributed by atoms with Crippen LogP contribution < -0.4 is 4.72 Å². The Bertz CT molecular complexity index is 707. The summed E-state index contributed by atoms with van der Waals surface area (Å²) in [5.41, 5.74) is 0.458. The van der Waals surface area contributed by atoms with E-state index in [-0.39, 0.29) is 11.0 Å². The molecule has 1 fully saturated rings. The van der Waals surface area contributed by atoms with Crippen LogP contribution in [0.5, 0.6) is 0 Å². The Morgan fingerprint density at radius 2 is 2.09 bits per heavy atom. The van der Waals surface area contributed by atoms with Crippen molar-refractivity contribution >= 4 is 15.7 Å². The van der Waals surface area contributed by atoms with Crippen LogP contribution in [0.1, 0.15) is 19.3 Å². The molecular weight excluding hydrogens is 302 g/mol. The molecule has 1 aliphatic heterocycles. The molecule has 1 aromatic carbocycles. The summed E-state index contributed by atoms with van der Waals surface area (Å²) in [5, 5.41) is 4.20. The van der Waals surface area contributed by atoms with Crippen molar-refractivity contribution in [1.29, 1.82) is 0 Å². The van der Waals surface area contributed by atoms with E-state index in [1.807, 2.05) is 0 Å². The van der Waals surface area contributed by atoms with E-state index in [0.717, 1.165) is 19.4 Å². The van der Waals surface area contributed by atoms with Crippen LogP contribution in [0, 0.1) is 0 Å². The van der Waals surface area contributed by atoms with Crippen molar-refractivity contribution in [3.63, 3.8) is 0 Å². The molecule has 1 saturated heterocycles. The smallest absolute Gasteiger partial charge is 0.261 e. The van der Waals surface area contributed by atoms with Crippen molar-refractivity contribution in [2.75, 3.05) is 11.3 Å². The molecule has 0 bridgehead atoms. The van der Waals surface area contributed by atoms with Crippen LogP contribution in [0.3, 0.4) is 0 Å². The SMILES string of the molecule is O=S(=O)(Nc1cnn(CC2CCCCO2)c1)c1ccccc1. The zero-order chi connectivity index (χ0) is 15.4. The van der Waals surface area contributed by atoms with E-state index in [9.17, 15) is 8.42 Å². The summed E-state index contributed by atoms with van der Waals surface area (Å²) in [7, 11) is -3.57. The second-order valence-corrected chi connectivity index (χ2v) is 7.04. The highest BCUT2D eigenvalue weighted by atomic mass is 32.2. The number of anilines is 1. The highest BCUT2D eigenvalue weighted by Crippen LogP contribution is 2.17. The number of hydrogen-bond donors (Lipinski definition) is 1. The fourth-order valence-electron chi connectivity index (χ4n) is 2.49. The van der Waals surface area contributed by atoms with Crippen molar-refractivity contribution in [3.8, 4) is 0 Å². The number of nitrogens with one attached hydrogen (secondary N) is 1. The second-order valence-electron chi connectivity index (χ2n) is 5.36. The Morgan fingerprint density at radius 3 is 2.82 bits per heavy atom. The average molecular weight is 321 g/mol. The number of rotatable bonds is 5. The minimum absolute atomic E-state index is 0.159. The topological polar surface area (TPSA) is 73.2 Å². The van der Waals surface area contributed by atoms with Gasteiger partial charge >= 0.3 is 0 Å². The van der Waals surface area contributed by atoms with Gasteiger partial charge in [-0.1, -0.05) is 18.2 Å². The number of sulfonamides is 1. The van der Waals surface area contributed by atoms with Crippen molar-refractivity contribution in [3.05, 3.63) is 42.7 Å². The standard InChI is InChI=1S/C15H19N3O3S/c19-22(20,15-7-2-1-3-8-15)17-13-10-16-18(11-13)12-14-6-4-5-9-21-14/h1-3,7-8,10-11,14,17H,4-6,9,12H2. The van der Waals surface area contributed by atoms with Gasteiger partial charge in [0.15, 0.2) is 0 Å². The van der Waals surface area contributed by atoms with E-state index in [4.69, 9.17) is 4.74 Å². The summed E-state index contributed by atoms with van der Waals surface area (Å²) in [5.74, 6) is 0. The third-order valence-electron chi connectivity index (χ3n) is 3.60. The molecule has 3 rings (SSSR count). The Kier molecular flexibility index (Phi) is 4.44. The van der Waals surface area contributed by atoms with Crippen LogP contribution in [0.15, 0.2) is 47.6 Å². The van der Waals surface area contributed by atoms with Gasteiger partial charge in [-0.25, -0.2) is 8.42 Å². The number of ether oxygens (including phenoxy) is 1. The first-order valence-electron chi connectivity index (χ1n) is 7.35. The van der Waals surface area contributed by atoms with Gasteiger partial charge in [0.05, 0.1) is 29.4 Å². The molecule has 0 amide bonds. The fraction of sp³-hybridized carbons (Fsp3) is 0.400. The van der Waals surface area contributed by atoms with Gasteiger partial charge in [-0.05, 0) is 31.4 Å². The first-order valence-corrected chi connectivity index (χ1v) is 8.84. The van der Waals surface area contributed by atoms with E-state index in [2.05, 4.69) is 9.82 Å². The van der Waals surface area contributed by atoms with Gasteiger partial charge in [-0.2, -0.15) is 5.10 Å². The molecule has 0 aliphatic carbocycles. The van der Waals surface area contributed by atoms with E-state index < -0.39 is 10.0 Å². The lowest BCUT2D eigenvalue weighted by molar-refractivity contribution is 0.00401.